The first kappa shape index (κ1) is 19.0. The number of carbonyl (C=O) groups is 1. The Morgan fingerprint density at radius 2 is 1.85 bits per heavy atom. The Balaban J connectivity index is 1.90. The van der Waals surface area contributed by atoms with Gasteiger partial charge in [0.15, 0.2) is 0 Å². The van der Waals surface area contributed by atoms with Crippen molar-refractivity contribution in [3.63, 3.8) is 0 Å². The van der Waals surface area contributed by atoms with Crippen molar-refractivity contribution < 1.29 is 13.2 Å². The molecule has 0 bridgehead atoms. The van der Waals surface area contributed by atoms with Gasteiger partial charge in [0, 0.05) is 23.7 Å². The zero-order valence-corrected chi connectivity index (χ0v) is 16.5. The highest BCUT2D eigenvalue weighted by Crippen LogP contribution is 2.30. The van der Waals surface area contributed by atoms with Crippen LogP contribution < -0.4 is 9.62 Å². The Hall–Kier alpha value is -1.76. The zero-order chi connectivity index (χ0) is 18.9. The summed E-state index contributed by atoms with van der Waals surface area (Å²) in [6.07, 6.45) is 2.33. The highest BCUT2D eigenvalue weighted by Gasteiger charge is 2.22. The van der Waals surface area contributed by atoms with Gasteiger partial charge in [-0.2, -0.15) is 0 Å². The molecular weight excluding hydrogens is 395 g/mol. The molecule has 0 unspecified atom stereocenters. The molecule has 1 amide bonds. The zero-order valence-electron chi connectivity index (χ0n) is 14.1. The lowest BCUT2D eigenvalue weighted by Gasteiger charge is -2.27. The summed E-state index contributed by atoms with van der Waals surface area (Å²) in [5.41, 5.74) is 1.65. The van der Waals surface area contributed by atoms with Crippen LogP contribution in [0.2, 0.25) is 10.0 Å². The Morgan fingerprint density at radius 1 is 1.08 bits per heavy atom. The molecule has 1 aliphatic rings. The Bertz CT molecular complexity index is 961. The molecule has 138 valence electrons. The van der Waals surface area contributed by atoms with Crippen molar-refractivity contribution in [2.45, 2.75) is 31.1 Å². The second-order valence-electron chi connectivity index (χ2n) is 6.19. The Labute approximate surface area is 163 Å². The molecule has 1 saturated heterocycles. The molecule has 1 aliphatic heterocycles. The van der Waals surface area contributed by atoms with Crippen molar-refractivity contribution in [2.24, 2.45) is 0 Å². The number of piperidine rings is 1. The number of anilines is 2. The lowest BCUT2D eigenvalue weighted by molar-refractivity contribution is -0.119. The molecular formula is C18H18Cl2N2O3S. The lowest BCUT2D eigenvalue weighted by atomic mass is 10.1. The maximum atomic E-state index is 12.7. The Morgan fingerprint density at radius 3 is 2.58 bits per heavy atom. The molecule has 2 aromatic carbocycles. The van der Waals surface area contributed by atoms with E-state index in [0.29, 0.717) is 34.9 Å². The summed E-state index contributed by atoms with van der Waals surface area (Å²) in [5, 5.41) is 0.454. The summed E-state index contributed by atoms with van der Waals surface area (Å²) in [5.74, 6) is 0.0487. The predicted octanol–water partition coefficient (Wildman–Crippen LogP) is 4.62. The molecule has 0 aliphatic carbocycles. The van der Waals surface area contributed by atoms with E-state index in [2.05, 4.69) is 4.72 Å². The molecule has 0 saturated carbocycles. The Kier molecular flexibility index (Phi) is 5.46. The number of nitrogens with one attached hydrogen (secondary N) is 1. The molecule has 1 fully saturated rings. The third-order valence-electron chi connectivity index (χ3n) is 4.24. The summed E-state index contributed by atoms with van der Waals surface area (Å²) in [4.78, 5) is 13.7. The van der Waals surface area contributed by atoms with Gasteiger partial charge in [-0.05, 0) is 55.7 Å². The van der Waals surface area contributed by atoms with Crippen LogP contribution in [0.1, 0.15) is 24.8 Å². The van der Waals surface area contributed by atoms with Crippen molar-refractivity contribution >= 4 is 50.5 Å². The minimum absolute atomic E-state index is 0.0412. The summed E-state index contributed by atoms with van der Waals surface area (Å²) >= 11 is 12.0. The number of benzene rings is 2. The first-order valence-electron chi connectivity index (χ1n) is 8.17. The number of carbonyl (C=O) groups excluding carboxylic acids is 1. The number of sulfonamides is 1. The first-order valence-corrected chi connectivity index (χ1v) is 10.4. The summed E-state index contributed by atoms with van der Waals surface area (Å²) in [6, 6.07) is 9.63. The van der Waals surface area contributed by atoms with Crippen molar-refractivity contribution in [1.29, 1.82) is 0 Å². The summed E-state index contributed by atoms with van der Waals surface area (Å²) in [6.45, 7) is 2.34. The minimum atomic E-state index is -3.89. The molecule has 26 heavy (non-hydrogen) atoms. The van der Waals surface area contributed by atoms with E-state index >= 15 is 0 Å². The van der Waals surface area contributed by atoms with Crippen LogP contribution in [-0.2, 0) is 14.8 Å². The number of rotatable bonds is 4. The molecule has 0 aromatic heterocycles. The quantitative estimate of drug-likeness (QED) is 0.796. The summed E-state index contributed by atoms with van der Waals surface area (Å²) in [7, 11) is -3.89. The van der Waals surface area contributed by atoms with Gasteiger partial charge < -0.3 is 4.90 Å². The van der Waals surface area contributed by atoms with E-state index in [1.54, 1.807) is 36.1 Å². The largest absolute Gasteiger partial charge is 0.312 e. The van der Waals surface area contributed by atoms with E-state index in [4.69, 9.17) is 23.2 Å². The van der Waals surface area contributed by atoms with Crippen molar-refractivity contribution in [2.75, 3.05) is 16.2 Å². The van der Waals surface area contributed by atoms with Crippen LogP contribution in [0, 0.1) is 6.92 Å². The van der Waals surface area contributed by atoms with Gasteiger partial charge in [0.25, 0.3) is 10.0 Å². The van der Waals surface area contributed by atoms with Crippen LogP contribution >= 0.6 is 23.2 Å². The standard InChI is InChI=1S/C18H18Cl2N2O3S/c1-12-9-17(16(20)11-15(12)19)26(24,25)21-13-5-4-6-14(10-13)22-8-3-2-7-18(22)23/h4-6,9-11,21H,2-3,7-8H2,1H3. The van der Waals surface area contributed by atoms with Crippen molar-refractivity contribution in [1.82, 2.24) is 0 Å². The van der Waals surface area contributed by atoms with E-state index in [1.165, 1.54) is 12.1 Å². The molecule has 1 N–H and O–H groups in total. The number of aryl methyl sites for hydroxylation is 1. The third-order valence-corrected chi connectivity index (χ3v) is 6.49. The van der Waals surface area contributed by atoms with Crippen LogP contribution in [0.4, 0.5) is 11.4 Å². The van der Waals surface area contributed by atoms with Crippen LogP contribution in [0.25, 0.3) is 0 Å². The maximum Gasteiger partial charge on any atom is 0.263 e. The fourth-order valence-corrected chi connectivity index (χ4v) is 4.75. The van der Waals surface area contributed by atoms with Crippen LogP contribution in [0.5, 0.6) is 0 Å². The monoisotopic (exact) mass is 412 g/mol. The molecule has 5 nitrogen and oxygen atoms in total. The number of halogens is 2. The van der Waals surface area contributed by atoms with Crippen molar-refractivity contribution in [3.8, 4) is 0 Å². The average molecular weight is 413 g/mol. The van der Waals surface area contributed by atoms with Gasteiger partial charge in [-0.3, -0.25) is 9.52 Å². The molecule has 0 atom stereocenters. The van der Waals surface area contributed by atoms with Gasteiger partial charge in [0.2, 0.25) is 5.91 Å². The normalized spacial score (nSPS) is 15.2. The van der Waals surface area contributed by atoms with Gasteiger partial charge in [-0.25, -0.2) is 8.42 Å². The molecule has 0 spiro atoms. The fraction of sp³-hybridized carbons (Fsp3) is 0.278. The number of nitrogens with zero attached hydrogens (tertiary/aromatic N) is 1. The topological polar surface area (TPSA) is 66.5 Å². The van der Waals surface area contributed by atoms with Crippen molar-refractivity contribution in [3.05, 3.63) is 52.0 Å². The maximum absolute atomic E-state index is 12.7. The number of amides is 1. The highest BCUT2D eigenvalue weighted by molar-refractivity contribution is 7.92. The first-order chi connectivity index (χ1) is 12.3. The molecule has 3 rings (SSSR count). The summed E-state index contributed by atoms with van der Waals surface area (Å²) < 4.78 is 28.0. The van der Waals surface area contributed by atoms with E-state index in [1.807, 2.05) is 0 Å². The smallest absolute Gasteiger partial charge is 0.263 e. The molecule has 1 heterocycles. The van der Waals surface area contributed by atoms with Crippen LogP contribution in [0.15, 0.2) is 41.3 Å². The van der Waals surface area contributed by atoms with Gasteiger partial charge in [-0.15, -0.1) is 0 Å². The minimum Gasteiger partial charge on any atom is -0.312 e. The van der Waals surface area contributed by atoms with Crippen LogP contribution in [-0.4, -0.2) is 20.9 Å². The SMILES string of the molecule is Cc1cc(S(=O)(=O)Nc2cccc(N3CCCCC3=O)c2)c(Cl)cc1Cl. The molecule has 0 radical (unpaired) electrons. The fourth-order valence-electron chi connectivity index (χ4n) is 2.86. The van der Waals surface area contributed by atoms with Crippen LogP contribution in [0.3, 0.4) is 0 Å². The average Bonchev–Trinajstić information content (AvgIpc) is 2.58. The highest BCUT2D eigenvalue weighted by atomic mass is 35.5. The molecule has 2 aromatic rings. The molecule has 8 heteroatoms. The van der Waals surface area contributed by atoms with Gasteiger partial charge in [0.05, 0.1) is 10.7 Å². The van der Waals surface area contributed by atoms with E-state index < -0.39 is 10.0 Å². The van der Waals surface area contributed by atoms with Gasteiger partial charge in [-0.1, -0.05) is 29.3 Å². The predicted molar refractivity (Wildman–Crippen MR) is 105 cm³/mol. The third kappa shape index (κ3) is 3.98. The second kappa shape index (κ2) is 7.47. The number of hydrogen-bond acceptors (Lipinski definition) is 3. The number of hydrogen-bond donors (Lipinski definition) is 1. The second-order valence-corrected chi connectivity index (χ2v) is 8.66. The van der Waals surface area contributed by atoms with E-state index in [9.17, 15) is 13.2 Å². The lowest BCUT2D eigenvalue weighted by Crippen LogP contribution is -2.35. The van der Waals surface area contributed by atoms with E-state index in [0.717, 1.165) is 12.8 Å². The van der Waals surface area contributed by atoms with E-state index in [-0.39, 0.29) is 15.8 Å². The van der Waals surface area contributed by atoms with Gasteiger partial charge >= 0.3 is 0 Å². The van der Waals surface area contributed by atoms with Gasteiger partial charge in [0.1, 0.15) is 4.90 Å².